The zero-order chi connectivity index (χ0) is 15.8. The second-order valence-corrected chi connectivity index (χ2v) is 4.93. The van der Waals surface area contributed by atoms with Crippen molar-refractivity contribution in [1.29, 1.82) is 0 Å². The van der Waals surface area contributed by atoms with Gasteiger partial charge in [-0.3, -0.25) is 4.79 Å². The first-order valence-corrected chi connectivity index (χ1v) is 7.14. The molecule has 22 heavy (non-hydrogen) atoms. The molecule has 0 aliphatic carbocycles. The smallest absolute Gasteiger partial charge is 0.303 e. The molecule has 0 saturated carbocycles. The van der Waals surface area contributed by atoms with E-state index >= 15 is 0 Å². The van der Waals surface area contributed by atoms with Gasteiger partial charge in [0.1, 0.15) is 5.75 Å². The van der Waals surface area contributed by atoms with Gasteiger partial charge in [-0.25, -0.2) is 0 Å². The number of rotatable bonds is 5. The minimum absolute atomic E-state index is 0.206. The molecular formula is C19H18O3. The lowest BCUT2D eigenvalue weighted by atomic mass is 10.1. The highest BCUT2D eigenvalue weighted by Gasteiger charge is 1.98. The molecule has 112 valence electrons. The molecule has 0 spiro atoms. The number of hydrogen-bond donors (Lipinski definition) is 1. The Morgan fingerprint density at radius 2 is 1.82 bits per heavy atom. The summed E-state index contributed by atoms with van der Waals surface area (Å²) >= 11 is 0. The zero-order valence-electron chi connectivity index (χ0n) is 12.5. The van der Waals surface area contributed by atoms with Crippen molar-refractivity contribution in [3.8, 4) is 17.6 Å². The highest BCUT2D eigenvalue weighted by atomic mass is 16.5. The molecule has 0 aliphatic heterocycles. The number of aliphatic carboxylic acids is 1. The highest BCUT2D eigenvalue weighted by Crippen LogP contribution is 2.12. The third kappa shape index (κ3) is 4.99. The summed E-state index contributed by atoms with van der Waals surface area (Å²) in [5.41, 5.74) is 2.97. The Kier molecular flexibility index (Phi) is 5.62. The standard InChI is InChI=1S/C19H18O3/c1-22-18-6-2-5-17(14-18)13-12-16-10-8-15(9-11-16)4-3-7-19(20)21/h2,5-6,8-11,14H,3-4,7H2,1H3,(H,20,21). The number of ether oxygens (including phenoxy) is 1. The van der Waals surface area contributed by atoms with Crippen LogP contribution in [0.15, 0.2) is 48.5 Å². The van der Waals surface area contributed by atoms with Crippen molar-refractivity contribution in [2.24, 2.45) is 0 Å². The van der Waals surface area contributed by atoms with Gasteiger partial charge in [0.25, 0.3) is 0 Å². The fourth-order valence-corrected chi connectivity index (χ4v) is 2.04. The quantitative estimate of drug-likeness (QED) is 0.858. The van der Waals surface area contributed by atoms with Crippen LogP contribution in [0.25, 0.3) is 0 Å². The van der Waals surface area contributed by atoms with E-state index in [1.54, 1.807) is 7.11 Å². The van der Waals surface area contributed by atoms with Crippen molar-refractivity contribution < 1.29 is 14.6 Å². The van der Waals surface area contributed by atoms with Crippen LogP contribution in [0.5, 0.6) is 5.75 Å². The first-order chi connectivity index (χ1) is 10.7. The van der Waals surface area contributed by atoms with E-state index in [2.05, 4.69) is 11.8 Å². The van der Waals surface area contributed by atoms with E-state index in [0.717, 1.165) is 28.9 Å². The predicted octanol–water partition coefficient (Wildman–Crippen LogP) is 3.50. The van der Waals surface area contributed by atoms with Crippen LogP contribution in [-0.2, 0) is 11.2 Å². The third-order valence-electron chi connectivity index (χ3n) is 3.23. The number of carbonyl (C=O) groups is 1. The average molecular weight is 294 g/mol. The first-order valence-electron chi connectivity index (χ1n) is 7.14. The van der Waals surface area contributed by atoms with Crippen molar-refractivity contribution in [2.75, 3.05) is 7.11 Å². The Morgan fingerprint density at radius 1 is 1.09 bits per heavy atom. The summed E-state index contributed by atoms with van der Waals surface area (Å²) in [5, 5.41) is 8.62. The molecule has 3 nitrogen and oxygen atoms in total. The maximum Gasteiger partial charge on any atom is 0.303 e. The van der Waals surface area contributed by atoms with E-state index in [9.17, 15) is 4.79 Å². The van der Waals surface area contributed by atoms with Crippen molar-refractivity contribution in [3.63, 3.8) is 0 Å². The van der Waals surface area contributed by atoms with Gasteiger partial charge < -0.3 is 9.84 Å². The van der Waals surface area contributed by atoms with E-state index in [1.165, 1.54) is 0 Å². The van der Waals surface area contributed by atoms with Gasteiger partial charge >= 0.3 is 5.97 Å². The summed E-state index contributed by atoms with van der Waals surface area (Å²) in [4.78, 5) is 10.5. The van der Waals surface area contributed by atoms with Gasteiger partial charge in [-0.15, -0.1) is 0 Å². The fraction of sp³-hybridized carbons (Fsp3) is 0.211. The lowest BCUT2D eigenvalue weighted by molar-refractivity contribution is -0.137. The Bertz CT molecular complexity index is 691. The SMILES string of the molecule is COc1cccc(C#Cc2ccc(CCCC(=O)O)cc2)c1. The maximum absolute atomic E-state index is 10.5. The van der Waals surface area contributed by atoms with Crippen LogP contribution < -0.4 is 4.74 Å². The molecule has 0 fully saturated rings. The van der Waals surface area contributed by atoms with E-state index in [1.807, 2.05) is 48.5 Å². The van der Waals surface area contributed by atoms with Crippen molar-refractivity contribution >= 4 is 5.97 Å². The summed E-state index contributed by atoms with van der Waals surface area (Å²) in [7, 11) is 1.63. The van der Waals surface area contributed by atoms with E-state index in [-0.39, 0.29) is 6.42 Å². The Morgan fingerprint density at radius 3 is 2.50 bits per heavy atom. The van der Waals surface area contributed by atoms with Gasteiger partial charge in [-0.2, -0.15) is 0 Å². The number of carboxylic acid groups (broad SMARTS) is 1. The predicted molar refractivity (Wildman–Crippen MR) is 86.0 cm³/mol. The second-order valence-electron chi connectivity index (χ2n) is 4.93. The molecule has 0 aromatic heterocycles. The van der Waals surface area contributed by atoms with Crippen LogP contribution in [0.1, 0.15) is 29.5 Å². The maximum atomic E-state index is 10.5. The molecule has 0 aliphatic rings. The zero-order valence-corrected chi connectivity index (χ0v) is 12.5. The largest absolute Gasteiger partial charge is 0.497 e. The molecule has 2 rings (SSSR count). The molecule has 0 unspecified atom stereocenters. The van der Waals surface area contributed by atoms with Crippen molar-refractivity contribution in [2.45, 2.75) is 19.3 Å². The average Bonchev–Trinajstić information content (AvgIpc) is 2.54. The third-order valence-corrected chi connectivity index (χ3v) is 3.23. The van der Waals surface area contributed by atoms with Gasteiger partial charge in [0, 0.05) is 17.5 Å². The highest BCUT2D eigenvalue weighted by molar-refractivity contribution is 5.66. The minimum atomic E-state index is -0.749. The van der Waals surface area contributed by atoms with E-state index < -0.39 is 5.97 Å². The molecular weight excluding hydrogens is 276 g/mol. The number of benzene rings is 2. The topological polar surface area (TPSA) is 46.5 Å². The summed E-state index contributed by atoms with van der Waals surface area (Å²) in [5.74, 6) is 6.26. The van der Waals surface area contributed by atoms with Crippen LogP contribution in [0.2, 0.25) is 0 Å². The summed E-state index contributed by atoms with van der Waals surface area (Å²) in [6.07, 6.45) is 1.64. The molecule has 2 aromatic carbocycles. The van der Waals surface area contributed by atoms with Crippen LogP contribution >= 0.6 is 0 Å². The lowest BCUT2D eigenvalue weighted by Gasteiger charge is -2.00. The van der Waals surface area contributed by atoms with Gasteiger partial charge in [0.2, 0.25) is 0 Å². The van der Waals surface area contributed by atoms with Gasteiger partial charge in [0.05, 0.1) is 7.11 Å². The molecule has 0 amide bonds. The van der Waals surface area contributed by atoms with Crippen LogP contribution in [0.4, 0.5) is 0 Å². The first kappa shape index (κ1) is 15.7. The summed E-state index contributed by atoms with van der Waals surface area (Å²) in [6, 6.07) is 15.6. The molecule has 0 saturated heterocycles. The van der Waals surface area contributed by atoms with Crippen LogP contribution in [0, 0.1) is 11.8 Å². The normalized spacial score (nSPS) is 9.68. The van der Waals surface area contributed by atoms with Crippen molar-refractivity contribution in [1.82, 2.24) is 0 Å². The Balaban J connectivity index is 1.99. The van der Waals surface area contributed by atoms with Gasteiger partial charge in [0.15, 0.2) is 0 Å². The fourth-order valence-electron chi connectivity index (χ4n) is 2.04. The molecule has 0 bridgehead atoms. The van der Waals surface area contributed by atoms with Gasteiger partial charge in [-0.1, -0.05) is 30.0 Å². The van der Waals surface area contributed by atoms with Crippen molar-refractivity contribution in [3.05, 3.63) is 65.2 Å². The van der Waals surface area contributed by atoms with Crippen LogP contribution in [0.3, 0.4) is 0 Å². The minimum Gasteiger partial charge on any atom is -0.497 e. The van der Waals surface area contributed by atoms with Crippen LogP contribution in [-0.4, -0.2) is 18.2 Å². The number of hydrogen-bond acceptors (Lipinski definition) is 2. The van der Waals surface area contributed by atoms with E-state index in [4.69, 9.17) is 9.84 Å². The van der Waals surface area contributed by atoms with Gasteiger partial charge in [-0.05, 0) is 48.7 Å². The lowest BCUT2D eigenvalue weighted by Crippen LogP contribution is -1.95. The Labute approximate surface area is 130 Å². The number of aryl methyl sites for hydroxylation is 1. The second kappa shape index (κ2) is 7.90. The number of carboxylic acids is 1. The molecule has 0 heterocycles. The Hall–Kier alpha value is -2.73. The summed E-state index contributed by atoms with van der Waals surface area (Å²) in [6.45, 7) is 0. The summed E-state index contributed by atoms with van der Waals surface area (Å²) < 4.78 is 5.17. The monoisotopic (exact) mass is 294 g/mol. The molecule has 0 atom stereocenters. The molecule has 1 N–H and O–H groups in total. The van der Waals surface area contributed by atoms with E-state index in [0.29, 0.717) is 6.42 Å². The molecule has 2 aromatic rings. The molecule has 0 radical (unpaired) electrons. The number of methoxy groups -OCH3 is 1. The molecule has 3 heteroatoms.